The van der Waals surface area contributed by atoms with E-state index < -0.39 is 24.4 Å². The predicted molar refractivity (Wildman–Crippen MR) is 147 cm³/mol. The summed E-state index contributed by atoms with van der Waals surface area (Å²) < 4.78 is 47.6. The number of ether oxygens (including phenoxy) is 1. The molecular weight excluding hydrogens is 569 g/mol. The largest absolute Gasteiger partial charge is 0.544 e. The van der Waals surface area contributed by atoms with E-state index in [1.54, 1.807) is 35.2 Å². The first-order valence-electron chi connectivity index (χ1n) is 14.2. The molecule has 0 radical (unpaired) electrons. The standard InChI is InChI=1S/C28H37F3N8O4/c1-27(2,3)42-26(41)36-15-12-22(13-16-36)17-38-19-23(32-34-38)11-7-8-14-37-20-24(33-35-37)25(40)39(43-28(29,30)31)18-21-9-5-4-6-10-21/h4-6,9-10,19-20,22H,7-8,11-18H2,1-3H3. The van der Waals surface area contributed by atoms with E-state index in [1.807, 2.05) is 31.6 Å². The lowest BCUT2D eigenvalue weighted by Gasteiger charge is -2.33. The Morgan fingerprint density at radius 3 is 2.35 bits per heavy atom. The predicted octanol–water partition coefficient (Wildman–Crippen LogP) is 4.63. The Morgan fingerprint density at radius 2 is 1.67 bits per heavy atom. The van der Waals surface area contributed by atoms with Crippen LogP contribution in [0.15, 0.2) is 42.7 Å². The normalized spacial score (nSPS) is 14.6. The van der Waals surface area contributed by atoms with Gasteiger partial charge >= 0.3 is 12.5 Å². The third-order valence-electron chi connectivity index (χ3n) is 6.73. The molecule has 15 heteroatoms. The molecule has 1 aliphatic heterocycles. The van der Waals surface area contributed by atoms with E-state index in [1.165, 1.54) is 10.9 Å². The lowest BCUT2D eigenvalue weighted by Crippen LogP contribution is -2.42. The highest BCUT2D eigenvalue weighted by Crippen LogP contribution is 2.23. The molecule has 1 aromatic carbocycles. The summed E-state index contributed by atoms with van der Waals surface area (Å²) in [5.74, 6) is -0.651. The quantitative estimate of drug-likeness (QED) is 0.229. The van der Waals surface area contributed by atoms with Gasteiger partial charge in [0.1, 0.15) is 5.60 Å². The van der Waals surface area contributed by atoms with E-state index in [0.29, 0.717) is 44.0 Å². The number of carbonyl (C=O) groups excluding carboxylic acids is 2. The number of aromatic nitrogens is 6. The third kappa shape index (κ3) is 10.3. The molecule has 2 aromatic heterocycles. The zero-order valence-corrected chi connectivity index (χ0v) is 24.5. The number of likely N-dealkylation sites (tertiary alicyclic amines) is 1. The zero-order valence-electron chi connectivity index (χ0n) is 24.5. The van der Waals surface area contributed by atoms with Gasteiger partial charge in [0.15, 0.2) is 5.69 Å². The lowest BCUT2D eigenvalue weighted by molar-refractivity contribution is -0.401. The van der Waals surface area contributed by atoms with E-state index in [9.17, 15) is 22.8 Å². The van der Waals surface area contributed by atoms with Gasteiger partial charge in [0.05, 0.1) is 18.4 Å². The number of hydrogen-bond acceptors (Lipinski definition) is 8. The SMILES string of the molecule is CC(C)(C)OC(=O)N1CCC(Cn2cc(CCCCn3cc(C(=O)N(Cc4ccccc4)OC(F)(F)F)nn3)nn2)CC1. The number of benzene rings is 1. The van der Waals surface area contributed by atoms with Crippen LogP contribution in [0, 0.1) is 5.92 Å². The maximum Gasteiger partial charge on any atom is 0.544 e. The number of halogens is 3. The molecule has 234 valence electrons. The molecule has 1 aliphatic rings. The van der Waals surface area contributed by atoms with Crippen molar-refractivity contribution in [1.82, 2.24) is 40.0 Å². The molecule has 0 saturated carbocycles. The molecule has 0 unspecified atom stereocenters. The van der Waals surface area contributed by atoms with Gasteiger partial charge in [-0.2, -0.15) is 4.84 Å². The maximum atomic E-state index is 13.0. The van der Waals surface area contributed by atoms with E-state index in [-0.39, 0.29) is 16.9 Å². The molecule has 0 N–H and O–H groups in total. The summed E-state index contributed by atoms with van der Waals surface area (Å²) in [7, 11) is 0. The van der Waals surface area contributed by atoms with Crippen LogP contribution in [-0.4, -0.2) is 77.0 Å². The summed E-state index contributed by atoms with van der Waals surface area (Å²) in [5, 5.41) is 16.4. The van der Waals surface area contributed by atoms with Crippen LogP contribution in [0.5, 0.6) is 0 Å². The summed E-state index contributed by atoms with van der Waals surface area (Å²) in [6.45, 7) is 7.61. The van der Waals surface area contributed by atoms with Crippen molar-refractivity contribution in [2.45, 2.75) is 84.5 Å². The van der Waals surface area contributed by atoms with Crippen molar-refractivity contribution in [2.75, 3.05) is 13.1 Å². The third-order valence-corrected chi connectivity index (χ3v) is 6.73. The topological polar surface area (TPSA) is 120 Å². The Bertz CT molecular complexity index is 1330. The number of unbranched alkanes of at least 4 members (excludes halogenated alkanes) is 1. The summed E-state index contributed by atoms with van der Waals surface area (Å²) in [5.41, 5.74) is 0.552. The van der Waals surface area contributed by atoms with E-state index in [4.69, 9.17) is 4.74 Å². The number of alkyl halides is 3. The van der Waals surface area contributed by atoms with Crippen LogP contribution in [0.4, 0.5) is 18.0 Å². The first kappa shape index (κ1) is 31.9. The van der Waals surface area contributed by atoms with Crippen molar-refractivity contribution in [2.24, 2.45) is 5.92 Å². The fourth-order valence-corrected chi connectivity index (χ4v) is 4.66. The number of aryl methyl sites for hydroxylation is 2. The molecule has 0 atom stereocenters. The minimum absolute atomic E-state index is 0.233. The Labute approximate surface area is 247 Å². The highest BCUT2D eigenvalue weighted by molar-refractivity contribution is 5.91. The van der Waals surface area contributed by atoms with Crippen molar-refractivity contribution in [3.63, 3.8) is 0 Å². The molecule has 1 saturated heterocycles. The van der Waals surface area contributed by atoms with E-state index >= 15 is 0 Å². The van der Waals surface area contributed by atoms with Crippen molar-refractivity contribution >= 4 is 12.0 Å². The van der Waals surface area contributed by atoms with Gasteiger partial charge in [-0.05, 0) is 64.4 Å². The summed E-state index contributed by atoms with van der Waals surface area (Å²) in [4.78, 5) is 30.7. The van der Waals surface area contributed by atoms with Crippen LogP contribution < -0.4 is 0 Å². The molecule has 12 nitrogen and oxygen atoms in total. The maximum absolute atomic E-state index is 13.0. The van der Waals surface area contributed by atoms with E-state index in [2.05, 4.69) is 25.5 Å². The molecule has 0 spiro atoms. The average molecular weight is 607 g/mol. The van der Waals surface area contributed by atoms with Gasteiger partial charge in [-0.1, -0.05) is 40.8 Å². The van der Waals surface area contributed by atoms with Gasteiger partial charge in [-0.3, -0.25) is 14.2 Å². The molecule has 4 rings (SSSR count). The van der Waals surface area contributed by atoms with Gasteiger partial charge in [0, 0.05) is 32.4 Å². The fourth-order valence-electron chi connectivity index (χ4n) is 4.66. The van der Waals surface area contributed by atoms with Gasteiger partial charge in [-0.15, -0.1) is 23.4 Å². The minimum atomic E-state index is -5.04. The monoisotopic (exact) mass is 606 g/mol. The fraction of sp³-hybridized carbons (Fsp3) is 0.571. The summed E-state index contributed by atoms with van der Waals surface area (Å²) in [6, 6.07) is 8.21. The van der Waals surface area contributed by atoms with Gasteiger partial charge in [0.25, 0.3) is 5.91 Å². The van der Waals surface area contributed by atoms with Crippen molar-refractivity contribution in [1.29, 1.82) is 0 Å². The van der Waals surface area contributed by atoms with Crippen molar-refractivity contribution < 1.29 is 32.3 Å². The van der Waals surface area contributed by atoms with Crippen LogP contribution in [0.2, 0.25) is 0 Å². The number of hydrogen-bond donors (Lipinski definition) is 0. The second kappa shape index (κ2) is 14.0. The summed E-state index contributed by atoms with van der Waals surface area (Å²) in [6.07, 6.45) is 1.77. The van der Waals surface area contributed by atoms with Crippen molar-refractivity contribution in [3.05, 3.63) is 59.7 Å². The molecule has 43 heavy (non-hydrogen) atoms. The van der Waals surface area contributed by atoms with Crippen LogP contribution in [0.3, 0.4) is 0 Å². The van der Waals surface area contributed by atoms with Crippen LogP contribution in [0.25, 0.3) is 0 Å². The van der Waals surface area contributed by atoms with Crippen LogP contribution in [-0.2, 0) is 35.6 Å². The second-order valence-electron chi connectivity index (χ2n) is 11.5. The minimum Gasteiger partial charge on any atom is -0.444 e. The molecule has 3 aromatic rings. The zero-order chi connectivity index (χ0) is 31.0. The Hall–Kier alpha value is -4.01. The number of carbonyl (C=O) groups is 2. The first-order chi connectivity index (χ1) is 20.3. The first-order valence-corrected chi connectivity index (χ1v) is 14.2. The number of piperidine rings is 1. The molecule has 0 bridgehead atoms. The number of hydroxylamine groups is 2. The Balaban J connectivity index is 1.19. The van der Waals surface area contributed by atoms with Crippen molar-refractivity contribution in [3.8, 4) is 0 Å². The Morgan fingerprint density at radius 1 is 0.977 bits per heavy atom. The highest BCUT2D eigenvalue weighted by atomic mass is 19.4. The number of nitrogens with zero attached hydrogens (tertiary/aromatic N) is 8. The number of rotatable bonds is 11. The average Bonchev–Trinajstić information content (AvgIpc) is 3.59. The number of amides is 2. The molecule has 3 heterocycles. The molecular formula is C28H37F3N8O4. The Kier molecular flexibility index (Phi) is 10.4. The lowest BCUT2D eigenvalue weighted by atomic mass is 9.97. The van der Waals surface area contributed by atoms with Crippen LogP contribution in [0.1, 0.15) is 68.2 Å². The molecule has 1 fully saturated rings. The van der Waals surface area contributed by atoms with Gasteiger partial charge in [0.2, 0.25) is 0 Å². The van der Waals surface area contributed by atoms with Gasteiger partial charge < -0.3 is 9.64 Å². The second-order valence-corrected chi connectivity index (χ2v) is 11.5. The van der Waals surface area contributed by atoms with E-state index in [0.717, 1.165) is 31.5 Å². The smallest absolute Gasteiger partial charge is 0.444 e. The summed E-state index contributed by atoms with van der Waals surface area (Å²) >= 11 is 0. The highest BCUT2D eigenvalue weighted by Gasteiger charge is 2.37. The molecule has 0 aliphatic carbocycles. The molecule has 2 amide bonds. The van der Waals surface area contributed by atoms with Crippen LogP contribution >= 0.6 is 0 Å². The van der Waals surface area contributed by atoms with Gasteiger partial charge in [-0.25, -0.2) is 9.86 Å².